The summed E-state index contributed by atoms with van der Waals surface area (Å²) in [6.45, 7) is 4.68. The van der Waals surface area contributed by atoms with Gasteiger partial charge in [0, 0.05) is 0 Å². The first-order valence-electron chi connectivity index (χ1n) is 9.28. The van der Waals surface area contributed by atoms with Crippen LogP contribution < -0.4 is 4.74 Å². The van der Waals surface area contributed by atoms with E-state index in [1.807, 2.05) is 25.1 Å². The molecule has 0 heterocycles. The zero-order valence-corrected chi connectivity index (χ0v) is 15.6. The van der Waals surface area contributed by atoms with E-state index in [1.165, 1.54) is 27.5 Å². The summed E-state index contributed by atoms with van der Waals surface area (Å²) in [5, 5.41) is 2.44. The largest absolute Gasteiger partial charge is 0.490 e. The van der Waals surface area contributed by atoms with Crippen LogP contribution in [0, 0.1) is 0 Å². The monoisotopic (exact) mass is 342 g/mol. The highest BCUT2D eigenvalue weighted by Crippen LogP contribution is 2.27. The molecule has 0 aromatic heterocycles. The van der Waals surface area contributed by atoms with Gasteiger partial charge in [-0.1, -0.05) is 66.8 Å². The van der Waals surface area contributed by atoms with E-state index < -0.39 is 0 Å². The van der Waals surface area contributed by atoms with Crippen molar-refractivity contribution in [2.75, 3.05) is 6.61 Å². The maximum atomic E-state index is 5.73. The summed E-state index contributed by atoms with van der Waals surface area (Å²) in [5.41, 5.74) is 3.89. The molecule has 1 heteroatoms. The maximum Gasteiger partial charge on any atom is 0.120 e. The average molecular weight is 342 g/mol. The van der Waals surface area contributed by atoms with Crippen LogP contribution in [0.15, 0.2) is 85.0 Å². The molecule has 0 spiro atoms. The molecule has 0 amide bonds. The van der Waals surface area contributed by atoms with Crippen LogP contribution in [-0.2, 0) is 6.42 Å². The third-order valence-corrected chi connectivity index (χ3v) is 4.52. The van der Waals surface area contributed by atoms with Crippen LogP contribution in [0.2, 0.25) is 0 Å². The van der Waals surface area contributed by atoms with Crippen molar-refractivity contribution in [1.82, 2.24) is 0 Å². The predicted molar refractivity (Wildman–Crippen MR) is 113 cm³/mol. The van der Waals surface area contributed by atoms with Gasteiger partial charge in [0.1, 0.15) is 12.4 Å². The van der Waals surface area contributed by atoms with Crippen LogP contribution >= 0.6 is 0 Å². The van der Waals surface area contributed by atoms with Crippen molar-refractivity contribution < 1.29 is 4.74 Å². The number of benzene rings is 3. The Morgan fingerprint density at radius 3 is 2.19 bits per heavy atom. The standard InChI is InChI=1S/C25H26O/c1-3-5-7-8-20-9-11-21(12-10-20)22-13-14-24-19-25(26-17-6-4-2)16-15-23(24)18-22/h3-6,9-16,18-19H,7-8,17H2,1-2H3/b5-3+,6-4?. The molecule has 3 aromatic rings. The van der Waals surface area contributed by atoms with Crippen molar-refractivity contribution >= 4 is 10.8 Å². The Balaban J connectivity index is 1.77. The fourth-order valence-corrected chi connectivity index (χ4v) is 3.01. The summed E-state index contributed by atoms with van der Waals surface area (Å²) in [4.78, 5) is 0. The van der Waals surface area contributed by atoms with E-state index in [4.69, 9.17) is 4.74 Å². The summed E-state index contributed by atoms with van der Waals surface area (Å²) in [7, 11) is 0. The van der Waals surface area contributed by atoms with Gasteiger partial charge in [-0.3, -0.25) is 0 Å². The molecule has 0 aliphatic rings. The van der Waals surface area contributed by atoms with Gasteiger partial charge in [0.25, 0.3) is 0 Å². The van der Waals surface area contributed by atoms with Gasteiger partial charge in [0.2, 0.25) is 0 Å². The van der Waals surface area contributed by atoms with Crippen molar-refractivity contribution in [3.8, 4) is 16.9 Å². The molecule has 0 saturated heterocycles. The highest BCUT2D eigenvalue weighted by atomic mass is 16.5. The summed E-state index contributed by atoms with van der Waals surface area (Å²) in [5.74, 6) is 0.911. The Kier molecular flexibility index (Phi) is 6.27. The average Bonchev–Trinajstić information content (AvgIpc) is 2.68. The number of fused-ring (bicyclic) bond motifs is 1. The minimum Gasteiger partial charge on any atom is -0.490 e. The van der Waals surface area contributed by atoms with Crippen molar-refractivity contribution in [3.63, 3.8) is 0 Å². The second-order valence-electron chi connectivity index (χ2n) is 6.41. The molecule has 0 aliphatic heterocycles. The SMILES string of the molecule is CC=CCOc1ccc2cc(-c3ccc(CC/C=C/C)cc3)ccc2c1. The molecular weight excluding hydrogens is 316 g/mol. The fourth-order valence-electron chi connectivity index (χ4n) is 3.01. The Morgan fingerprint density at radius 1 is 0.731 bits per heavy atom. The van der Waals surface area contributed by atoms with Crippen LogP contribution in [0.4, 0.5) is 0 Å². The van der Waals surface area contributed by atoms with E-state index in [2.05, 4.69) is 73.7 Å². The summed E-state index contributed by atoms with van der Waals surface area (Å²) in [6.07, 6.45) is 10.5. The van der Waals surface area contributed by atoms with E-state index in [9.17, 15) is 0 Å². The first-order chi connectivity index (χ1) is 12.8. The van der Waals surface area contributed by atoms with E-state index >= 15 is 0 Å². The molecule has 0 fully saturated rings. The number of hydrogen-bond acceptors (Lipinski definition) is 1. The van der Waals surface area contributed by atoms with Gasteiger partial charge in [-0.2, -0.15) is 0 Å². The lowest BCUT2D eigenvalue weighted by molar-refractivity contribution is 0.363. The Morgan fingerprint density at radius 2 is 1.42 bits per heavy atom. The molecular formula is C25H26O. The zero-order valence-electron chi connectivity index (χ0n) is 15.6. The number of rotatable bonds is 7. The molecule has 0 N–H and O–H groups in total. The van der Waals surface area contributed by atoms with Gasteiger partial charge in [-0.05, 0) is 72.4 Å². The van der Waals surface area contributed by atoms with E-state index in [-0.39, 0.29) is 0 Å². The van der Waals surface area contributed by atoms with Crippen LogP contribution in [0.3, 0.4) is 0 Å². The van der Waals surface area contributed by atoms with Gasteiger partial charge >= 0.3 is 0 Å². The van der Waals surface area contributed by atoms with Crippen LogP contribution in [0.25, 0.3) is 21.9 Å². The zero-order chi connectivity index (χ0) is 18.2. The highest BCUT2D eigenvalue weighted by Gasteiger charge is 2.02. The number of hydrogen-bond donors (Lipinski definition) is 0. The molecule has 3 aromatic carbocycles. The Hall–Kier alpha value is -2.80. The second-order valence-corrected chi connectivity index (χ2v) is 6.41. The van der Waals surface area contributed by atoms with E-state index in [0.717, 1.165) is 18.6 Å². The van der Waals surface area contributed by atoms with Crippen LogP contribution in [-0.4, -0.2) is 6.61 Å². The van der Waals surface area contributed by atoms with Gasteiger partial charge in [0.15, 0.2) is 0 Å². The van der Waals surface area contributed by atoms with E-state index in [1.54, 1.807) is 0 Å². The summed E-state index contributed by atoms with van der Waals surface area (Å²) < 4.78 is 5.73. The lowest BCUT2D eigenvalue weighted by atomic mass is 9.99. The lowest BCUT2D eigenvalue weighted by Gasteiger charge is -2.08. The maximum absolute atomic E-state index is 5.73. The Labute approximate surface area is 156 Å². The predicted octanol–water partition coefficient (Wildman–Crippen LogP) is 6.97. The van der Waals surface area contributed by atoms with Gasteiger partial charge in [0.05, 0.1) is 0 Å². The fraction of sp³-hybridized carbons (Fsp3) is 0.200. The quantitative estimate of drug-likeness (QED) is 0.421. The van der Waals surface area contributed by atoms with Crippen molar-refractivity contribution in [3.05, 3.63) is 90.5 Å². The van der Waals surface area contributed by atoms with Crippen LogP contribution in [0.5, 0.6) is 5.75 Å². The van der Waals surface area contributed by atoms with Crippen LogP contribution in [0.1, 0.15) is 25.8 Å². The third kappa shape index (κ3) is 4.64. The topological polar surface area (TPSA) is 9.23 Å². The van der Waals surface area contributed by atoms with Gasteiger partial charge in [-0.15, -0.1) is 0 Å². The molecule has 0 atom stereocenters. The smallest absolute Gasteiger partial charge is 0.120 e. The van der Waals surface area contributed by atoms with Crippen molar-refractivity contribution in [2.24, 2.45) is 0 Å². The Bertz CT molecular complexity index is 901. The van der Waals surface area contributed by atoms with Crippen molar-refractivity contribution in [1.29, 1.82) is 0 Å². The minimum absolute atomic E-state index is 0.612. The molecule has 0 aliphatic carbocycles. The summed E-state index contributed by atoms with van der Waals surface area (Å²) in [6, 6.07) is 21.8. The first-order valence-corrected chi connectivity index (χ1v) is 9.28. The summed E-state index contributed by atoms with van der Waals surface area (Å²) >= 11 is 0. The van der Waals surface area contributed by atoms with E-state index in [0.29, 0.717) is 6.61 Å². The molecule has 132 valence electrons. The highest BCUT2D eigenvalue weighted by molar-refractivity contribution is 5.88. The molecule has 3 rings (SSSR count). The molecule has 1 nitrogen and oxygen atoms in total. The first kappa shape index (κ1) is 18.0. The molecule has 0 radical (unpaired) electrons. The van der Waals surface area contributed by atoms with Gasteiger partial charge in [-0.25, -0.2) is 0 Å². The number of aryl methyl sites for hydroxylation is 1. The molecule has 0 saturated carbocycles. The number of ether oxygens (including phenoxy) is 1. The second kappa shape index (κ2) is 9.05. The van der Waals surface area contributed by atoms with Gasteiger partial charge < -0.3 is 4.74 Å². The molecule has 0 unspecified atom stereocenters. The molecule has 26 heavy (non-hydrogen) atoms. The molecule has 0 bridgehead atoms. The van der Waals surface area contributed by atoms with Crippen molar-refractivity contribution in [2.45, 2.75) is 26.7 Å². The number of allylic oxidation sites excluding steroid dienone is 3. The normalized spacial score (nSPS) is 11.6. The third-order valence-electron chi connectivity index (χ3n) is 4.52. The lowest BCUT2D eigenvalue weighted by Crippen LogP contribution is -1.92. The minimum atomic E-state index is 0.612.